The summed E-state index contributed by atoms with van der Waals surface area (Å²) in [5.41, 5.74) is 5.65. The van der Waals surface area contributed by atoms with Gasteiger partial charge < -0.3 is 15.4 Å². The van der Waals surface area contributed by atoms with Gasteiger partial charge in [-0.15, -0.1) is 0 Å². The van der Waals surface area contributed by atoms with Crippen molar-refractivity contribution >= 4 is 5.91 Å². The number of ether oxygens (including phenoxy) is 1. The number of nitrogens with zero attached hydrogens (tertiary/aromatic N) is 1. The van der Waals surface area contributed by atoms with E-state index in [0.717, 1.165) is 12.8 Å². The first-order valence-electron chi connectivity index (χ1n) is 5.42. The molecule has 1 aliphatic carbocycles. The minimum atomic E-state index is 0.111. The van der Waals surface area contributed by atoms with Gasteiger partial charge in [0.25, 0.3) is 0 Å². The normalized spacial score (nSPS) is 29.9. The largest absolute Gasteiger partial charge is 0.369 e. The van der Waals surface area contributed by atoms with Crippen molar-refractivity contribution in [3.05, 3.63) is 0 Å². The van der Waals surface area contributed by atoms with Crippen molar-refractivity contribution in [2.45, 2.75) is 37.8 Å². The minimum absolute atomic E-state index is 0.111. The molecule has 0 radical (unpaired) electrons. The molecule has 0 bridgehead atoms. The standard InChI is InChI=1S/C10H18N2O2/c11-5-9-6-14-7-10(13)12(9)8-3-1-2-4-8/h8-9H,1-7,11H2. The lowest BCUT2D eigenvalue weighted by Crippen LogP contribution is -2.56. The molecule has 0 spiro atoms. The first-order chi connectivity index (χ1) is 6.83. The molecule has 0 aromatic carbocycles. The molecule has 2 N–H and O–H groups in total. The molecule has 4 heteroatoms. The summed E-state index contributed by atoms with van der Waals surface area (Å²) in [7, 11) is 0. The predicted molar refractivity (Wildman–Crippen MR) is 52.8 cm³/mol. The zero-order valence-electron chi connectivity index (χ0n) is 8.45. The van der Waals surface area contributed by atoms with Crippen molar-refractivity contribution in [2.75, 3.05) is 19.8 Å². The monoisotopic (exact) mass is 198 g/mol. The van der Waals surface area contributed by atoms with Crippen molar-refractivity contribution < 1.29 is 9.53 Å². The van der Waals surface area contributed by atoms with Crippen LogP contribution in [0.1, 0.15) is 25.7 Å². The molecule has 1 heterocycles. The minimum Gasteiger partial charge on any atom is -0.369 e. The van der Waals surface area contributed by atoms with Gasteiger partial charge in [-0.1, -0.05) is 12.8 Å². The summed E-state index contributed by atoms with van der Waals surface area (Å²) in [6, 6.07) is 0.541. The third-order valence-corrected chi connectivity index (χ3v) is 3.21. The second-order valence-corrected chi connectivity index (χ2v) is 4.14. The molecular formula is C10H18N2O2. The van der Waals surface area contributed by atoms with Gasteiger partial charge in [0, 0.05) is 12.6 Å². The number of hydrogen-bond donors (Lipinski definition) is 1. The van der Waals surface area contributed by atoms with Gasteiger partial charge in [0.05, 0.1) is 12.6 Å². The molecule has 1 amide bonds. The van der Waals surface area contributed by atoms with E-state index >= 15 is 0 Å². The number of carbonyl (C=O) groups is 1. The van der Waals surface area contributed by atoms with E-state index in [1.165, 1.54) is 12.8 Å². The third kappa shape index (κ3) is 1.77. The van der Waals surface area contributed by atoms with E-state index < -0.39 is 0 Å². The molecule has 2 aliphatic rings. The number of nitrogens with two attached hydrogens (primary N) is 1. The molecule has 1 unspecified atom stereocenters. The Morgan fingerprint density at radius 3 is 2.79 bits per heavy atom. The molecule has 14 heavy (non-hydrogen) atoms. The molecule has 1 saturated heterocycles. The summed E-state index contributed by atoms with van der Waals surface area (Å²) < 4.78 is 5.20. The van der Waals surface area contributed by atoms with Crippen LogP contribution in [0.25, 0.3) is 0 Å². The lowest BCUT2D eigenvalue weighted by atomic mass is 10.1. The van der Waals surface area contributed by atoms with Crippen LogP contribution in [0.5, 0.6) is 0 Å². The fourth-order valence-electron chi connectivity index (χ4n) is 2.51. The van der Waals surface area contributed by atoms with Crippen molar-refractivity contribution in [3.63, 3.8) is 0 Å². The van der Waals surface area contributed by atoms with Crippen molar-refractivity contribution in [3.8, 4) is 0 Å². The molecule has 0 aromatic rings. The maximum Gasteiger partial charge on any atom is 0.249 e. The summed E-state index contributed by atoms with van der Waals surface area (Å²) in [4.78, 5) is 13.7. The molecule has 2 rings (SSSR count). The number of hydrogen-bond acceptors (Lipinski definition) is 3. The quantitative estimate of drug-likeness (QED) is 0.685. The number of rotatable bonds is 2. The van der Waals surface area contributed by atoms with Gasteiger partial charge >= 0.3 is 0 Å². The molecule has 1 saturated carbocycles. The highest BCUT2D eigenvalue weighted by molar-refractivity contribution is 5.78. The van der Waals surface area contributed by atoms with Gasteiger partial charge in [0.1, 0.15) is 6.61 Å². The highest BCUT2D eigenvalue weighted by Crippen LogP contribution is 2.26. The molecular weight excluding hydrogens is 180 g/mol. The van der Waals surface area contributed by atoms with Gasteiger partial charge in [-0.25, -0.2) is 0 Å². The van der Waals surface area contributed by atoms with Gasteiger partial charge in [-0.05, 0) is 12.8 Å². The van der Waals surface area contributed by atoms with Gasteiger partial charge in [0.15, 0.2) is 0 Å². The Morgan fingerprint density at radius 1 is 1.43 bits per heavy atom. The second kappa shape index (κ2) is 4.28. The Morgan fingerprint density at radius 2 is 2.14 bits per heavy atom. The highest BCUT2D eigenvalue weighted by atomic mass is 16.5. The van der Waals surface area contributed by atoms with Crippen molar-refractivity contribution in [1.29, 1.82) is 0 Å². The van der Waals surface area contributed by atoms with Gasteiger partial charge in [-0.2, -0.15) is 0 Å². The Bertz CT molecular complexity index is 212. The molecule has 4 nitrogen and oxygen atoms in total. The van der Waals surface area contributed by atoms with Crippen LogP contribution in [0.4, 0.5) is 0 Å². The Hall–Kier alpha value is -0.610. The fourth-order valence-corrected chi connectivity index (χ4v) is 2.51. The first-order valence-corrected chi connectivity index (χ1v) is 5.42. The maximum atomic E-state index is 11.7. The Labute approximate surface area is 84.4 Å². The van der Waals surface area contributed by atoms with Crippen LogP contribution < -0.4 is 5.73 Å². The SMILES string of the molecule is NCC1COCC(=O)N1C1CCCC1. The highest BCUT2D eigenvalue weighted by Gasteiger charge is 2.34. The van der Waals surface area contributed by atoms with E-state index in [1.807, 2.05) is 4.90 Å². The average molecular weight is 198 g/mol. The summed E-state index contributed by atoms with van der Waals surface area (Å²) in [6.45, 7) is 1.37. The molecule has 1 atom stereocenters. The van der Waals surface area contributed by atoms with Crippen LogP contribution >= 0.6 is 0 Å². The van der Waals surface area contributed by atoms with Gasteiger partial charge in [-0.3, -0.25) is 4.79 Å². The zero-order chi connectivity index (χ0) is 9.97. The van der Waals surface area contributed by atoms with E-state index in [4.69, 9.17) is 10.5 Å². The van der Waals surface area contributed by atoms with E-state index in [-0.39, 0.29) is 18.6 Å². The third-order valence-electron chi connectivity index (χ3n) is 3.21. The molecule has 80 valence electrons. The smallest absolute Gasteiger partial charge is 0.249 e. The average Bonchev–Trinajstić information content (AvgIpc) is 2.70. The lowest BCUT2D eigenvalue weighted by Gasteiger charge is -2.39. The number of morpholine rings is 1. The summed E-state index contributed by atoms with van der Waals surface area (Å²) in [5.74, 6) is 0.124. The van der Waals surface area contributed by atoms with Crippen LogP contribution in [0.3, 0.4) is 0 Å². The topological polar surface area (TPSA) is 55.6 Å². The fraction of sp³-hybridized carbons (Fsp3) is 0.900. The van der Waals surface area contributed by atoms with E-state index in [0.29, 0.717) is 19.2 Å². The maximum absolute atomic E-state index is 11.7. The lowest BCUT2D eigenvalue weighted by molar-refractivity contribution is -0.151. The van der Waals surface area contributed by atoms with Crippen molar-refractivity contribution in [1.82, 2.24) is 4.90 Å². The molecule has 2 fully saturated rings. The summed E-state index contributed by atoms with van der Waals surface area (Å²) in [6.07, 6.45) is 4.77. The Kier molecular flexibility index (Phi) is 3.03. The van der Waals surface area contributed by atoms with Crippen LogP contribution in [0.2, 0.25) is 0 Å². The number of carbonyl (C=O) groups excluding carboxylic acids is 1. The Balaban J connectivity index is 2.06. The van der Waals surface area contributed by atoms with Crippen LogP contribution in [-0.2, 0) is 9.53 Å². The van der Waals surface area contributed by atoms with Crippen molar-refractivity contribution in [2.24, 2.45) is 5.73 Å². The van der Waals surface area contributed by atoms with Gasteiger partial charge in [0.2, 0.25) is 5.91 Å². The van der Waals surface area contributed by atoms with E-state index in [1.54, 1.807) is 0 Å². The summed E-state index contributed by atoms with van der Waals surface area (Å²) >= 11 is 0. The second-order valence-electron chi connectivity index (χ2n) is 4.14. The van der Waals surface area contributed by atoms with E-state index in [2.05, 4.69) is 0 Å². The van der Waals surface area contributed by atoms with Crippen LogP contribution in [0, 0.1) is 0 Å². The van der Waals surface area contributed by atoms with Crippen LogP contribution in [0.15, 0.2) is 0 Å². The van der Waals surface area contributed by atoms with E-state index in [9.17, 15) is 4.79 Å². The zero-order valence-corrected chi connectivity index (χ0v) is 8.45. The molecule has 1 aliphatic heterocycles. The number of amides is 1. The van der Waals surface area contributed by atoms with Crippen LogP contribution in [-0.4, -0.2) is 42.6 Å². The molecule has 0 aromatic heterocycles. The predicted octanol–water partition coefficient (Wildman–Crippen LogP) is 0.115. The summed E-state index contributed by atoms with van der Waals surface area (Å²) in [5, 5.41) is 0. The first kappa shape index (κ1) is 9.93.